The van der Waals surface area contributed by atoms with Gasteiger partial charge in [-0.1, -0.05) is 51.1 Å². The lowest BCUT2D eigenvalue weighted by molar-refractivity contribution is -0.146. The fourth-order valence-electron chi connectivity index (χ4n) is 2.29. The van der Waals surface area contributed by atoms with E-state index in [0.29, 0.717) is 11.3 Å². The number of nitrogens with one attached hydrogen (secondary N) is 2. The number of carbonyl (C=O) groups excluding carboxylic acids is 3. The maximum absolute atomic E-state index is 11.9. The summed E-state index contributed by atoms with van der Waals surface area (Å²) in [6, 6.07) is 16.0. The van der Waals surface area contributed by atoms with E-state index >= 15 is 0 Å². The topological polar surface area (TPSA) is 84.5 Å². The van der Waals surface area contributed by atoms with Crippen molar-refractivity contribution in [1.29, 1.82) is 0 Å². The highest BCUT2D eigenvalue weighted by Crippen LogP contribution is 2.23. The van der Waals surface area contributed by atoms with Crippen molar-refractivity contribution in [3.8, 4) is 0 Å². The molecular weight excluding hydrogens is 344 g/mol. The third-order valence-corrected chi connectivity index (χ3v) is 3.83. The third-order valence-electron chi connectivity index (χ3n) is 3.83. The zero-order valence-electron chi connectivity index (χ0n) is 15.7. The van der Waals surface area contributed by atoms with Gasteiger partial charge in [0.2, 0.25) is 0 Å². The molecule has 0 aliphatic heterocycles. The Hall–Kier alpha value is -3.15. The summed E-state index contributed by atoms with van der Waals surface area (Å²) in [6.45, 7) is 5.60. The largest absolute Gasteiger partial charge is 0.454 e. The van der Waals surface area contributed by atoms with E-state index in [1.165, 1.54) is 0 Å². The van der Waals surface area contributed by atoms with Gasteiger partial charge in [-0.15, -0.1) is 0 Å². The van der Waals surface area contributed by atoms with Gasteiger partial charge in [-0.25, -0.2) is 0 Å². The van der Waals surface area contributed by atoms with Crippen molar-refractivity contribution in [3.05, 3.63) is 65.7 Å². The van der Waals surface area contributed by atoms with E-state index in [1.54, 1.807) is 42.5 Å². The van der Waals surface area contributed by atoms with Crippen molar-refractivity contribution in [3.63, 3.8) is 0 Å². The molecule has 6 heteroatoms. The molecular formula is C21H24N2O4. The number of hydrogen-bond acceptors (Lipinski definition) is 4. The molecule has 0 aliphatic rings. The van der Waals surface area contributed by atoms with Gasteiger partial charge in [0.05, 0.1) is 0 Å². The smallest absolute Gasteiger partial charge is 0.325 e. The van der Waals surface area contributed by atoms with E-state index in [4.69, 9.17) is 4.74 Å². The van der Waals surface area contributed by atoms with Gasteiger partial charge in [-0.05, 0) is 35.2 Å². The molecule has 0 bridgehead atoms. The molecule has 0 aromatic heterocycles. The highest BCUT2D eigenvalue weighted by atomic mass is 16.5. The minimum atomic E-state index is -0.683. The molecule has 2 aromatic rings. The first-order valence-corrected chi connectivity index (χ1v) is 8.65. The maximum atomic E-state index is 11.9. The van der Waals surface area contributed by atoms with Crippen molar-refractivity contribution in [1.82, 2.24) is 5.32 Å². The van der Waals surface area contributed by atoms with E-state index in [0.717, 1.165) is 5.56 Å². The lowest BCUT2D eigenvalue weighted by atomic mass is 9.87. The van der Waals surface area contributed by atoms with Gasteiger partial charge >= 0.3 is 5.97 Å². The predicted octanol–water partition coefficient (Wildman–Crippen LogP) is 2.90. The lowest BCUT2D eigenvalue weighted by Crippen LogP contribution is -2.32. The van der Waals surface area contributed by atoms with E-state index in [1.807, 2.05) is 12.1 Å². The number of ether oxygens (including phenoxy) is 1. The summed E-state index contributed by atoms with van der Waals surface area (Å²) in [5.41, 5.74) is 2.26. The van der Waals surface area contributed by atoms with Crippen LogP contribution in [0, 0.1) is 0 Å². The van der Waals surface area contributed by atoms with E-state index in [2.05, 4.69) is 31.4 Å². The second kappa shape index (κ2) is 8.98. The second-order valence-corrected chi connectivity index (χ2v) is 7.08. The maximum Gasteiger partial charge on any atom is 0.325 e. The number of carbonyl (C=O) groups is 3. The van der Waals surface area contributed by atoms with Crippen LogP contribution in [0.25, 0.3) is 0 Å². The highest BCUT2D eigenvalue weighted by molar-refractivity contribution is 5.96. The number of hydrogen-bond donors (Lipinski definition) is 2. The Morgan fingerprint density at radius 2 is 1.56 bits per heavy atom. The second-order valence-electron chi connectivity index (χ2n) is 7.08. The van der Waals surface area contributed by atoms with Gasteiger partial charge in [0.15, 0.2) is 6.61 Å². The van der Waals surface area contributed by atoms with Crippen molar-refractivity contribution >= 4 is 23.5 Å². The van der Waals surface area contributed by atoms with Crippen LogP contribution in [0.5, 0.6) is 0 Å². The Kier molecular flexibility index (Phi) is 6.71. The lowest BCUT2D eigenvalue weighted by Gasteiger charge is -2.19. The van der Waals surface area contributed by atoms with E-state index < -0.39 is 18.5 Å². The Bertz CT molecular complexity index is 793. The Morgan fingerprint density at radius 3 is 2.15 bits per heavy atom. The summed E-state index contributed by atoms with van der Waals surface area (Å²) in [5.74, 6) is -1.50. The quantitative estimate of drug-likeness (QED) is 0.768. The Balaban J connectivity index is 1.73. The monoisotopic (exact) mass is 368 g/mol. The van der Waals surface area contributed by atoms with Gasteiger partial charge in [-0.2, -0.15) is 0 Å². The molecule has 6 nitrogen and oxygen atoms in total. The minimum absolute atomic E-state index is 0.0300. The molecule has 0 saturated carbocycles. The van der Waals surface area contributed by atoms with Gasteiger partial charge < -0.3 is 15.4 Å². The molecule has 2 amide bonds. The molecule has 0 spiro atoms. The standard InChI is InChI=1S/C21H24N2O4/c1-21(2,3)16-9-11-17(12-10-16)23-18(24)14-27-19(25)13-22-20(26)15-7-5-4-6-8-15/h4-12H,13-14H2,1-3H3,(H,22,26)(H,23,24). The molecule has 0 aliphatic carbocycles. The fraction of sp³-hybridized carbons (Fsp3) is 0.286. The van der Waals surface area contributed by atoms with Crippen LogP contribution in [0.4, 0.5) is 5.69 Å². The molecule has 2 N–H and O–H groups in total. The van der Waals surface area contributed by atoms with Crippen LogP contribution in [0.3, 0.4) is 0 Å². The average molecular weight is 368 g/mol. The number of amides is 2. The van der Waals surface area contributed by atoms with Crippen molar-refractivity contribution in [2.45, 2.75) is 26.2 Å². The van der Waals surface area contributed by atoms with Gasteiger partial charge in [0, 0.05) is 11.3 Å². The third kappa shape index (κ3) is 6.58. The number of rotatable bonds is 6. The molecule has 0 atom stereocenters. The van der Waals surface area contributed by atoms with Gasteiger partial charge in [-0.3, -0.25) is 14.4 Å². The summed E-state index contributed by atoms with van der Waals surface area (Å²) in [4.78, 5) is 35.4. The number of esters is 1. The molecule has 2 rings (SSSR count). The zero-order valence-corrected chi connectivity index (χ0v) is 15.7. The Labute approximate surface area is 158 Å². The van der Waals surface area contributed by atoms with E-state index in [-0.39, 0.29) is 17.9 Å². The molecule has 2 aromatic carbocycles. The first-order valence-electron chi connectivity index (χ1n) is 8.65. The van der Waals surface area contributed by atoms with Crippen LogP contribution in [-0.2, 0) is 19.7 Å². The molecule has 0 unspecified atom stereocenters. The van der Waals surface area contributed by atoms with Gasteiger partial charge in [0.25, 0.3) is 11.8 Å². The van der Waals surface area contributed by atoms with Crippen LogP contribution in [0.1, 0.15) is 36.7 Å². The molecule has 27 heavy (non-hydrogen) atoms. The van der Waals surface area contributed by atoms with Crippen LogP contribution >= 0.6 is 0 Å². The summed E-state index contributed by atoms with van der Waals surface area (Å²) in [6.07, 6.45) is 0. The van der Waals surface area contributed by atoms with E-state index in [9.17, 15) is 14.4 Å². The molecule has 142 valence electrons. The van der Waals surface area contributed by atoms with Crippen LogP contribution in [-0.4, -0.2) is 30.9 Å². The molecule has 0 fully saturated rings. The molecule has 0 saturated heterocycles. The summed E-state index contributed by atoms with van der Waals surface area (Å²) in [5, 5.41) is 5.11. The molecule has 0 radical (unpaired) electrons. The van der Waals surface area contributed by atoms with Gasteiger partial charge in [0.1, 0.15) is 6.54 Å². The predicted molar refractivity (Wildman–Crippen MR) is 104 cm³/mol. The SMILES string of the molecule is CC(C)(C)c1ccc(NC(=O)COC(=O)CNC(=O)c2ccccc2)cc1. The first kappa shape index (κ1) is 20.2. The first-order chi connectivity index (χ1) is 12.8. The highest BCUT2D eigenvalue weighted by Gasteiger charge is 2.14. The van der Waals surface area contributed by atoms with Crippen LogP contribution in [0.15, 0.2) is 54.6 Å². The van der Waals surface area contributed by atoms with Crippen LogP contribution in [0.2, 0.25) is 0 Å². The summed E-state index contributed by atoms with van der Waals surface area (Å²) < 4.78 is 4.87. The Morgan fingerprint density at radius 1 is 0.926 bits per heavy atom. The molecule has 0 heterocycles. The van der Waals surface area contributed by atoms with Crippen molar-refractivity contribution < 1.29 is 19.1 Å². The number of anilines is 1. The van der Waals surface area contributed by atoms with Crippen molar-refractivity contribution in [2.24, 2.45) is 0 Å². The van der Waals surface area contributed by atoms with Crippen molar-refractivity contribution in [2.75, 3.05) is 18.5 Å². The fourth-order valence-corrected chi connectivity index (χ4v) is 2.29. The van der Waals surface area contributed by atoms with Crippen LogP contribution < -0.4 is 10.6 Å². The zero-order chi connectivity index (χ0) is 19.9. The summed E-state index contributed by atoms with van der Waals surface area (Å²) >= 11 is 0. The minimum Gasteiger partial charge on any atom is -0.454 e. The normalized spacial score (nSPS) is 10.8. The number of benzene rings is 2. The summed E-state index contributed by atoms with van der Waals surface area (Å²) in [7, 11) is 0. The average Bonchev–Trinajstić information content (AvgIpc) is 2.65.